The van der Waals surface area contributed by atoms with Crippen LogP contribution in [0.2, 0.25) is 0 Å². The standard InChI is InChI=1S/C33H37N3O5/c37-30(25-14-11-19-28(23-25)41-27-17-5-2-6-18-27)35-29(22-24-12-3-1-4-13-24)32(39)36(20-9-10-21-36)33(40)31(38)34-26-15-7-8-16-26/h1-6,11-14,17-19,23,26,29,33,40H,7-10,15-16,20-22H2,(H-,34,35,37,38)/p+1. The van der Waals surface area contributed by atoms with Crippen LogP contribution in [0.5, 0.6) is 11.5 Å². The molecule has 1 aliphatic heterocycles. The van der Waals surface area contributed by atoms with Crippen LogP contribution >= 0.6 is 0 Å². The molecule has 2 atom stereocenters. The lowest BCUT2D eigenvalue weighted by Crippen LogP contribution is -2.67. The van der Waals surface area contributed by atoms with Gasteiger partial charge >= 0.3 is 11.8 Å². The minimum Gasteiger partial charge on any atom is -0.457 e. The van der Waals surface area contributed by atoms with Crippen LogP contribution in [0, 0.1) is 0 Å². The Morgan fingerprint density at radius 2 is 1.46 bits per heavy atom. The summed E-state index contributed by atoms with van der Waals surface area (Å²) in [6.45, 7) is 0.694. The van der Waals surface area contributed by atoms with Gasteiger partial charge in [-0.15, -0.1) is 0 Å². The molecule has 1 saturated heterocycles. The van der Waals surface area contributed by atoms with E-state index >= 15 is 0 Å². The molecule has 8 nitrogen and oxygen atoms in total. The number of benzene rings is 3. The number of carbonyl (C=O) groups is 3. The molecule has 0 radical (unpaired) electrons. The van der Waals surface area contributed by atoms with Crippen molar-refractivity contribution in [2.75, 3.05) is 13.1 Å². The van der Waals surface area contributed by atoms with Gasteiger partial charge in [-0.25, -0.2) is 9.28 Å². The smallest absolute Gasteiger partial charge is 0.339 e. The maximum Gasteiger partial charge on any atom is 0.339 e. The molecular weight excluding hydrogens is 518 g/mol. The molecule has 8 heteroatoms. The first-order valence-corrected chi connectivity index (χ1v) is 14.5. The fourth-order valence-electron chi connectivity index (χ4n) is 5.98. The lowest BCUT2D eigenvalue weighted by Gasteiger charge is -2.37. The number of nitrogens with zero attached hydrogens (tertiary/aromatic N) is 1. The number of nitrogens with one attached hydrogen (secondary N) is 2. The highest BCUT2D eigenvalue weighted by molar-refractivity contribution is 5.97. The predicted octanol–water partition coefficient (Wildman–Crippen LogP) is 4.33. The molecule has 2 aliphatic rings. The van der Waals surface area contributed by atoms with E-state index < -0.39 is 24.1 Å². The first-order valence-electron chi connectivity index (χ1n) is 14.5. The second kappa shape index (κ2) is 13.1. The molecule has 3 aromatic carbocycles. The molecule has 1 saturated carbocycles. The largest absolute Gasteiger partial charge is 0.457 e. The molecule has 5 rings (SSSR count). The van der Waals surface area contributed by atoms with Crippen molar-refractivity contribution in [3.05, 3.63) is 96.1 Å². The van der Waals surface area contributed by atoms with Crippen LogP contribution in [-0.4, -0.2) is 58.7 Å². The monoisotopic (exact) mass is 556 g/mol. The van der Waals surface area contributed by atoms with E-state index in [0.717, 1.165) is 31.2 Å². The van der Waals surface area contributed by atoms with Crippen LogP contribution < -0.4 is 15.4 Å². The van der Waals surface area contributed by atoms with Crippen LogP contribution in [-0.2, 0) is 16.0 Å². The van der Waals surface area contributed by atoms with Gasteiger partial charge in [0.25, 0.3) is 12.1 Å². The molecule has 0 bridgehead atoms. The number of aliphatic hydroxyl groups excluding tert-OH is 1. The quantitative estimate of drug-likeness (QED) is 0.323. The Kier molecular flexibility index (Phi) is 9.11. The fraction of sp³-hybridized carbons (Fsp3) is 0.364. The van der Waals surface area contributed by atoms with E-state index in [4.69, 9.17) is 4.74 Å². The highest BCUT2D eigenvalue weighted by Gasteiger charge is 2.52. The van der Waals surface area contributed by atoms with Gasteiger partial charge in [0.15, 0.2) is 0 Å². The van der Waals surface area contributed by atoms with Gasteiger partial charge < -0.3 is 20.5 Å². The molecule has 1 heterocycles. The molecular formula is C33H38N3O5+. The van der Waals surface area contributed by atoms with Gasteiger partial charge in [-0.2, -0.15) is 0 Å². The summed E-state index contributed by atoms with van der Waals surface area (Å²) in [5.74, 6) is -0.155. The number of amides is 3. The number of carbonyl (C=O) groups excluding carboxylic acids is 3. The second-order valence-corrected chi connectivity index (χ2v) is 11.0. The number of likely N-dealkylation sites (tertiary alicyclic amines) is 1. The highest BCUT2D eigenvalue weighted by atomic mass is 16.5. The number of para-hydroxylation sites is 1. The van der Waals surface area contributed by atoms with Crippen molar-refractivity contribution < 1.29 is 28.7 Å². The van der Waals surface area contributed by atoms with E-state index in [-0.39, 0.29) is 22.9 Å². The summed E-state index contributed by atoms with van der Waals surface area (Å²) in [4.78, 5) is 41.0. The molecule has 2 fully saturated rings. The first kappa shape index (κ1) is 28.5. The number of ether oxygens (including phenoxy) is 1. The van der Waals surface area contributed by atoms with Gasteiger partial charge in [-0.1, -0.05) is 67.4 Å². The normalized spacial score (nSPS) is 17.9. The average Bonchev–Trinajstić information content (AvgIpc) is 3.71. The summed E-state index contributed by atoms with van der Waals surface area (Å²) in [7, 11) is 0. The minimum atomic E-state index is -1.52. The van der Waals surface area contributed by atoms with Crippen molar-refractivity contribution >= 4 is 17.7 Å². The van der Waals surface area contributed by atoms with E-state index in [9.17, 15) is 19.5 Å². The second-order valence-electron chi connectivity index (χ2n) is 11.0. The van der Waals surface area contributed by atoms with Crippen molar-refractivity contribution in [3.8, 4) is 11.5 Å². The molecule has 41 heavy (non-hydrogen) atoms. The summed E-state index contributed by atoms with van der Waals surface area (Å²) in [5.41, 5.74) is 1.21. The van der Waals surface area contributed by atoms with Gasteiger partial charge in [0.1, 0.15) is 17.5 Å². The molecule has 3 N–H and O–H groups in total. The van der Waals surface area contributed by atoms with E-state index in [1.54, 1.807) is 24.3 Å². The van der Waals surface area contributed by atoms with E-state index in [2.05, 4.69) is 10.6 Å². The van der Waals surface area contributed by atoms with Crippen molar-refractivity contribution in [1.29, 1.82) is 0 Å². The summed E-state index contributed by atoms with van der Waals surface area (Å²) < 4.78 is 5.52. The zero-order valence-electron chi connectivity index (χ0n) is 23.2. The lowest BCUT2D eigenvalue weighted by molar-refractivity contribution is -0.881. The summed E-state index contributed by atoms with van der Waals surface area (Å²) >= 11 is 0. The topological polar surface area (TPSA) is 105 Å². The Morgan fingerprint density at radius 1 is 0.829 bits per heavy atom. The number of hydrogen-bond acceptors (Lipinski definition) is 5. The van der Waals surface area contributed by atoms with Crippen molar-refractivity contribution in [1.82, 2.24) is 10.6 Å². The first-order chi connectivity index (χ1) is 19.9. The van der Waals surface area contributed by atoms with Crippen molar-refractivity contribution in [2.45, 2.75) is 63.3 Å². The molecule has 0 spiro atoms. The van der Waals surface area contributed by atoms with E-state index in [0.29, 0.717) is 43.0 Å². The molecule has 1 aliphatic carbocycles. The predicted molar refractivity (Wildman–Crippen MR) is 155 cm³/mol. The van der Waals surface area contributed by atoms with Crippen molar-refractivity contribution in [2.24, 2.45) is 0 Å². The third-order valence-corrected chi connectivity index (χ3v) is 8.17. The lowest BCUT2D eigenvalue weighted by atomic mass is 10.0. The minimum absolute atomic E-state index is 0.0279. The maximum atomic E-state index is 14.3. The third-order valence-electron chi connectivity index (χ3n) is 8.17. The zero-order valence-corrected chi connectivity index (χ0v) is 23.2. The molecule has 2 unspecified atom stereocenters. The number of aliphatic hydroxyl groups is 1. The van der Waals surface area contributed by atoms with Crippen LogP contribution in [0.3, 0.4) is 0 Å². The Morgan fingerprint density at radius 3 is 2.15 bits per heavy atom. The highest BCUT2D eigenvalue weighted by Crippen LogP contribution is 2.27. The van der Waals surface area contributed by atoms with Gasteiger partial charge in [0.2, 0.25) is 0 Å². The van der Waals surface area contributed by atoms with Gasteiger partial charge in [0.05, 0.1) is 13.1 Å². The van der Waals surface area contributed by atoms with Crippen LogP contribution in [0.15, 0.2) is 84.9 Å². The Labute approximate surface area is 240 Å². The van der Waals surface area contributed by atoms with Crippen LogP contribution in [0.1, 0.15) is 54.4 Å². The van der Waals surface area contributed by atoms with Gasteiger partial charge in [-0.05, 0) is 48.7 Å². The molecule has 0 aromatic heterocycles. The zero-order chi connectivity index (χ0) is 28.7. The van der Waals surface area contributed by atoms with Gasteiger partial charge in [0, 0.05) is 30.9 Å². The summed E-state index contributed by atoms with van der Waals surface area (Å²) in [6.07, 6.45) is 3.99. The Bertz CT molecular complexity index is 1340. The third kappa shape index (κ3) is 6.84. The SMILES string of the molecule is O=C(NC(Cc1ccccc1)C(=O)[N+]1(C(O)C(=O)NC2CCCC2)CCCC1)c1cccc(Oc2ccccc2)c1. The Balaban J connectivity index is 1.38. The molecule has 3 aromatic rings. The van der Waals surface area contributed by atoms with E-state index in [1.807, 2.05) is 60.7 Å². The summed E-state index contributed by atoms with van der Waals surface area (Å²) in [6, 6.07) is 24.6. The maximum absolute atomic E-state index is 14.3. The fourth-order valence-corrected chi connectivity index (χ4v) is 5.98. The van der Waals surface area contributed by atoms with Crippen LogP contribution in [0.25, 0.3) is 0 Å². The molecule has 214 valence electrons. The molecule has 3 amide bonds. The number of rotatable bonds is 10. The van der Waals surface area contributed by atoms with Gasteiger partial charge in [-0.3, -0.25) is 9.59 Å². The van der Waals surface area contributed by atoms with Crippen molar-refractivity contribution in [3.63, 3.8) is 0 Å². The number of hydrogen-bond donors (Lipinski definition) is 3. The summed E-state index contributed by atoms with van der Waals surface area (Å²) in [5, 5.41) is 17.2. The number of quaternary nitrogens is 1. The average molecular weight is 557 g/mol. The van der Waals surface area contributed by atoms with E-state index in [1.165, 1.54) is 0 Å². The van der Waals surface area contributed by atoms with Crippen LogP contribution in [0.4, 0.5) is 0 Å². The Hall–Kier alpha value is -4.01.